The number of nitrogens with zero attached hydrogens (tertiary/aromatic N) is 2. The molecule has 1 unspecified atom stereocenters. The van der Waals surface area contributed by atoms with Crippen LogP contribution in [0.15, 0.2) is 0 Å². The van der Waals surface area contributed by atoms with Crippen LogP contribution >= 0.6 is 11.6 Å². The molecule has 0 fully saturated rings. The molecule has 0 saturated carbocycles. The van der Waals surface area contributed by atoms with Gasteiger partial charge in [-0.05, 0) is 38.1 Å². The van der Waals surface area contributed by atoms with E-state index in [1.165, 1.54) is 5.69 Å². The van der Waals surface area contributed by atoms with Gasteiger partial charge in [-0.15, -0.1) is 0 Å². The van der Waals surface area contributed by atoms with Crippen molar-refractivity contribution < 1.29 is 0 Å². The molecule has 4 heteroatoms. The molecule has 0 aliphatic heterocycles. The van der Waals surface area contributed by atoms with E-state index in [9.17, 15) is 0 Å². The van der Waals surface area contributed by atoms with E-state index >= 15 is 0 Å². The highest BCUT2D eigenvalue weighted by Gasteiger charge is 2.29. The van der Waals surface area contributed by atoms with Crippen molar-refractivity contribution in [3.63, 3.8) is 0 Å². The van der Waals surface area contributed by atoms with Gasteiger partial charge in [-0.1, -0.05) is 46.2 Å². The average Bonchev–Trinajstić information content (AvgIpc) is 2.78. The summed E-state index contributed by atoms with van der Waals surface area (Å²) in [7, 11) is 0. The maximum Gasteiger partial charge on any atom is 0.0850 e. The van der Waals surface area contributed by atoms with E-state index in [0.717, 1.165) is 49.5 Å². The summed E-state index contributed by atoms with van der Waals surface area (Å²) >= 11 is 6.57. The lowest BCUT2D eigenvalue weighted by Gasteiger charge is -2.34. The zero-order valence-corrected chi connectivity index (χ0v) is 15.3. The van der Waals surface area contributed by atoms with Crippen LogP contribution in [0.25, 0.3) is 0 Å². The van der Waals surface area contributed by atoms with Crippen molar-refractivity contribution in [3.8, 4) is 0 Å². The SMILES string of the molecule is CCCNC(Cc1c(Cl)c(CC)nn1CC)C(C)(C)CC. The summed E-state index contributed by atoms with van der Waals surface area (Å²) in [4.78, 5) is 0. The summed E-state index contributed by atoms with van der Waals surface area (Å²) in [5.74, 6) is 0. The Hall–Kier alpha value is -0.540. The number of halogens is 1. The summed E-state index contributed by atoms with van der Waals surface area (Å²) in [6, 6.07) is 0.423. The topological polar surface area (TPSA) is 29.9 Å². The van der Waals surface area contributed by atoms with Gasteiger partial charge in [0.05, 0.1) is 16.4 Å². The molecular formula is C17H32ClN3. The van der Waals surface area contributed by atoms with Gasteiger partial charge in [-0.3, -0.25) is 4.68 Å². The number of aryl methyl sites for hydroxylation is 2. The lowest BCUT2D eigenvalue weighted by Crippen LogP contribution is -2.44. The first kappa shape index (κ1) is 18.5. The van der Waals surface area contributed by atoms with Gasteiger partial charge in [0.1, 0.15) is 0 Å². The molecule has 3 nitrogen and oxygen atoms in total. The van der Waals surface area contributed by atoms with Crippen molar-refractivity contribution in [1.82, 2.24) is 15.1 Å². The summed E-state index contributed by atoms with van der Waals surface area (Å²) in [6.07, 6.45) is 4.13. The fraction of sp³-hybridized carbons (Fsp3) is 0.824. The summed E-state index contributed by atoms with van der Waals surface area (Å²) < 4.78 is 2.08. The molecule has 1 rings (SSSR count). The molecule has 0 aliphatic rings. The van der Waals surface area contributed by atoms with Crippen LogP contribution in [0.3, 0.4) is 0 Å². The van der Waals surface area contributed by atoms with E-state index in [0.29, 0.717) is 6.04 Å². The van der Waals surface area contributed by atoms with Crippen molar-refractivity contribution in [2.75, 3.05) is 6.54 Å². The Morgan fingerprint density at radius 1 is 1.24 bits per heavy atom. The Balaban J connectivity index is 3.05. The predicted octanol–water partition coefficient (Wildman–Crippen LogP) is 4.47. The Labute approximate surface area is 135 Å². The number of nitrogens with one attached hydrogen (secondary N) is 1. The highest BCUT2D eigenvalue weighted by atomic mass is 35.5. The van der Waals surface area contributed by atoms with Crippen molar-refractivity contribution in [2.45, 2.75) is 79.8 Å². The van der Waals surface area contributed by atoms with E-state index in [2.05, 4.69) is 56.6 Å². The summed E-state index contributed by atoms with van der Waals surface area (Å²) in [6.45, 7) is 15.3. The molecule has 1 N–H and O–H groups in total. The third-order valence-electron chi connectivity index (χ3n) is 4.59. The highest BCUT2D eigenvalue weighted by Crippen LogP contribution is 2.30. The maximum absolute atomic E-state index is 6.57. The monoisotopic (exact) mass is 313 g/mol. The molecule has 21 heavy (non-hydrogen) atoms. The van der Waals surface area contributed by atoms with Crippen LogP contribution in [0, 0.1) is 5.41 Å². The molecule has 0 spiro atoms. The molecule has 122 valence electrons. The zero-order chi connectivity index (χ0) is 16.0. The lowest BCUT2D eigenvalue weighted by atomic mass is 9.79. The standard InChI is InChI=1S/C17H32ClN3/c1-7-11-19-15(17(5,6)9-3)12-14-16(18)13(8-2)20-21(14)10-4/h15,19H,7-12H2,1-6H3. The Bertz CT molecular complexity index is 437. The van der Waals surface area contributed by atoms with Gasteiger partial charge in [0.25, 0.3) is 0 Å². The third-order valence-corrected chi connectivity index (χ3v) is 5.02. The molecule has 0 bridgehead atoms. The minimum Gasteiger partial charge on any atom is -0.313 e. The zero-order valence-electron chi connectivity index (χ0n) is 14.6. The highest BCUT2D eigenvalue weighted by molar-refractivity contribution is 6.31. The van der Waals surface area contributed by atoms with Crippen LogP contribution < -0.4 is 5.32 Å². The van der Waals surface area contributed by atoms with Crippen molar-refractivity contribution in [2.24, 2.45) is 5.41 Å². The largest absolute Gasteiger partial charge is 0.313 e. The number of hydrogen-bond donors (Lipinski definition) is 1. The number of aromatic nitrogens is 2. The normalized spacial score (nSPS) is 13.7. The first-order valence-corrected chi connectivity index (χ1v) is 8.76. The van der Waals surface area contributed by atoms with Gasteiger partial charge in [-0.25, -0.2) is 0 Å². The van der Waals surface area contributed by atoms with Gasteiger partial charge >= 0.3 is 0 Å². The first-order chi connectivity index (χ1) is 9.91. The minimum atomic E-state index is 0.244. The molecule has 1 aromatic heterocycles. The van der Waals surface area contributed by atoms with Crippen LogP contribution in [-0.2, 0) is 19.4 Å². The fourth-order valence-electron chi connectivity index (χ4n) is 2.60. The average molecular weight is 314 g/mol. The van der Waals surface area contributed by atoms with Gasteiger partial charge in [0.15, 0.2) is 0 Å². The van der Waals surface area contributed by atoms with E-state index in [-0.39, 0.29) is 5.41 Å². The first-order valence-electron chi connectivity index (χ1n) is 8.38. The molecule has 0 radical (unpaired) electrons. The Morgan fingerprint density at radius 2 is 1.90 bits per heavy atom. The summed E-state index contributed by atoms with van der Waals surface area (Å²) in [5.41, 5.74) is 2.46. The fourth-order valence-corrected chi connectivity index (χ4v) is 2.94. The Morgan fingerprint density at radius 3 is 2.38 bits per heavy atom. The lowest BCUT2D eigenvalue weighted by molar-refractivity contribution is 0.227. The van der Waals surface area contributed by atoms with E-state index < -0.39 is 0 Å². The van der Waals surface area contributed by atoms with Crippen LogP contribution in [-0.4, -0.2) is 22.4 Å². The second-order valence-corrected chi connectivity index (χ2v) is 6.81. The molecule has 0 aliphatic carbocycles. The van der Waals surface area contributed by atoms with Crippen molar-refractivity contribution >= 4 is 11.6 Å². The van der Waals surface area contributed by atoms with E-state index in [1.54, 1.807) is 0 Å². The third kappa shape index (κ3) is 4.46. The van der Waals surface area contributed by atoms with Gasteiger partial charge in [-0.2, -0.15) is 5.10 Å². The van der Waals surface area contributed by atoms with Crippen molar-refractivity contribution in [1.29, 1.82) is 0 Å². The van der Waals surface area contributed by atoms with E-state index in [4.69, 9.17) is 11.6 Å². The smallest absolute Gasteiger partial charge is 0.0850 e. The molecule has 0 amide bonds. The van der Waals surface area contributed by atoms with Crippen molar-refractivity contribution in [3.05, 3.63) is 16.4 Å². The van der Waals surface area contributed by atoms with Crippen LogP contribution in [0.1, 0.15) is 65.8 Å². The molecular weight excluding hydrogens is 282 g/mol. The number of rotatable bonds is 9. The molecule has 1 aromatic rings. The van der Waals surface area contributed by atoms with Crippen LogP contribution in [0.2, 0.25) is 5.02 Å². The van der Waals surface area contributed by atoms with Crippen LogP contribution in [0.5, 0.6) is 0 Å². The number of hydrogen-bond acceptors (Lipinski definition) is 2. The molecule has 0 saturated heterocycles. The molecule has 1 heterocycles. The molecule has 0 aromatic carbocycles. The second-order valence-electron chi connectivity index (χ2n) is 6.43. The van der Waals surface area contributed by atoms with Gasteiger partial charge in [0, 0.05) is 19.0 Å². The predicted molar refractivity (Wildman–Crippen MR) is 92.1 cm³/mol. The molecule has 1 atom stereocenters. The minimum absolute atomic E-state index is 0.244. The summed E-state index contributed by atoms with van der Waals surface area (Å²) in [5, 5.41) is 9.23. The maximum atomic E-state index is 6.57. The second kappa shape index (κ2) is 8.19. The van der Waals surface area contributed by atoms with E-state index in [1.807, 2.05) is 0 Å². The van der Waals surface area contributed by atoms with Gasteiger partial charge in [0.2, 0.25) is 0 Å². The Kier molecular flexibility index (Phi) is 7.22. The van der Waals surface area contributed by atoms with Crippen LogP contribution in [0.4, 0.5) is 0 Å². The quantitative estimate of drug-likeness (QED) is 0.729. The van der Waals surface area contributed by atoms with Gasteiger partial charge < -0.3 is 5.32 Å².